The minimum Gasteiger partial charge on any atom is -0.444 e. The number of nitrogens with one attached hydrogen (secondary N) is 1. The zero-order chi connectivity index (χ0) is 19.3. The van der Waals surface area contributed by atoms with Crippen LogP contribution in [0.2, 0.25) is 0 Å². The van der Waals surface area contributed by atoms with E-state index in [9.17, 15) is 14.4 Å². The number of rotatable bonds is 3. The molecule has 2 rings (SSSR count). The molecule has 0 bridgehead atoms. The molecule has 1 aliphatic rings. The van der Waals surface area contributed by atoms with Gasteiger partial charge in [0.25, 0.3) is 0 Å². The summed E-state index contributed by atoms with van der Waals surface area (Å²) >= 11 is 0. The second kappa shape index (κ2) is 8.21. The van der Waals surface area contributed by atoms with Crippen LogP contribution in [0.25, 0.3) is 0 Å². The highest BCUT2D eigenvalue weighted by Crippen LogP contribution is 2.18. The molecule has 0 radical (unpaired) electrons. The fraction of sp³-hybridized carbons (Fsp3) is 0.526. The third kappa shape index (κ3) is 5.47. The van der Waals surface area contributed by atoms with Gasteiger partial charge in [0.05, 0.1) is 0 Å². The van der Waals surface area contributed by atoms with Crippen molar-refractivity contribution in [1.29, 1.82) is 0 Å². The van der Waals surface area contributed by atoms with E-state index in [4.69, 9.17) is 4.74 Å². The molecular formula is C19H27N3O4. The maximum atomic E-state index is 13.0. The molecule has 1 N–H and O–H groups in total. The monoisotopic (exact) mass is 361 g/mol. The lowest BCUT2D eigenvalue weighted by Gasteiger charge is -2.36. The van der Waals surface area contributed by atoms with Gasteiger partial charge in [0.1, 0.15) is 11.6 Å². The van der Waals surface area contributed by atoms with Crippen molar-refractivity contribution in [3.05, 3.63) is 35.9 Å². The highest BCUT2D eigenvalue weighted by molar-refractivity contribution is 5.87. The Morgan fingerprint density at radius 3 is 2.04 bits per heavy atom. The molecule has 1 atom stereocenters. The summed E-state index contributed by atoms with van der Waals surface area (Å²) in [5.41, 5.74) is 0.0407. The quantitative estimate of drug-likeness (QED) is 0.892. The van der Waals surface area contributed by atoms with Crippen molar-refractivity contribution in [3.8, 4) is 0 Å². The molecule has 1 aromatic rings. The standard InChI is InChI=1S/C19H27N3O4/c1-14(23)21-10-12-22(13-11-21)17(24)16(15-8-6-5-7-9-15)20-18(25)26-19(2,3)4/h5-9,16H,10-13H2,1-4H3,(H,20,25)/t16-/m0/s1. The molecule has 0 unspecified atom stereocenters. The van der Waals surface area contributed by atoms with E-state index in [2.05, 4.69) is 5.32 Å². The van der Waals surface area contributed by atoms with Crippen molar-refractivity contribution in [1.82, 2.24) is 15.1 Å². The first-order valence-corrected chi connectivity index (χ1v) is 8.76. The van der Waals surface area contributed by atoms with Crippen LogP contribution >= 0.6 is 0 Å². The molecule has 0 spiro atoms. The van der Waals surface area contributed by atoms with E-state index < -0.39 is 17.7 Å². The Hall–Kier alpha value is -2.57. The van der Waals surface area contributed by atoms with Gasteiger partial charge in [0.2, 0.25) is 11.8 Å². The second-order valence-electron chi connectivity index (χ2n) is 7.32. The van der Waals surface area contributed by atoms with Gasteiger partial charge in [-0.05, 0) is 26.3 Å². The largest absolute Gasteiger partial charge is 0.444 e. The van der Waals surface area contributed by atoms with Gasteiger partial charge in [0.15, 0.2) is 0 Å². The molecule has 142 valence electrons. The van der Waals surface area contributed by atoms with Crippen LogP contribution in [0.3, 0.4) is 0 Å². The number of piperazine rings is 1. The number of carbonyl (C=O) groups excluding carboxylic acids is 3. The number of alkyl carbamates (subject to hydrolysis) is 1. The normalized spacial score (nSPS) is 16.0. The van der Waals surface area contributed by atoms with E-state index in [1.165, 1.54) is 6.92 Å². The lowest BCUT2D eigenvalue weighted by molar-refractivity contribution is -0.140. The predicted molar refractivity (Wildman–Crippen MR) is 97.4 cm³/mol. The summed E-state index contributed by atoms with van der Waals surface area (Å²) in [7, 11) is 0. The minimum absolute atomic E-state index is 0.00332. The van der Waals surface area contributed by atoms with Crippen molar-refractivity contribution in [3.63, 3.8) is 0 Å². The van der Waals surface area contributed by atoms with Crippen LogP contribution in [-0.2, 0) is 14.3 Å². The Balaban J connectivity index is 2.12. The molecule has 7 nitrogen and oxygen atoms in total. The second-order valence-corrected chi connectivity index (χ2v) is 7.32. The van der Waals surface area contributed by atoms with Crippen LogP contribution in [0.4, 0.5) is 4.79 Å². The first-order valence-electron chi connectivity index (χ1n) is 8.76. The molecule has 1 fully saturated rings. The molecule has 7 heteroatoms. The van der Waals surface area contributed by atoms with Crippen molar-refractivity contribution < 1.29 is 19.1 Å². The van der Waals surface area contributed by atoms with Gasteiger partial charge in [-0.1, -0.05) is 30.3 Å². The third-order valence-electron chi connectivity index (χ3n) is 4.08. The summed E-state index contributed by atoms with van der Waals surface area (Å²) in [4.78, 5) is 40.1. The van der Waals surface area contributed by atoms with Crippen molar-refractivity contribution >= 4 is 17.9 Å². The van der Waals surface area contributed by atoms with Crippen LogP contribution in [0.5, 0.6) is 0 Å². The molecule has 0 saturated carbocycles. The van der Waals surface area contributed by atoms with E-state index in [1.807, 2.05) is 18.2 Å². The smallest absolute Gasteiger partial charge is 0.408 e. The lowest BCUT2D eigenvalue weighted by atomic mass is 10.1. The van der Waals surface area contributed by atoms with Gasteiger partial charge in [-0.3, -0.25) is 9.59 Å². The molecule has 26 heavy (non-hydrogen) atoms. The van der Waals surface area contributed by atoms with Crippen LogP contribution in [0.1, 0.15) is 39.3 Å². The number of hydrogen-bond acceptors (Lipinski definition) is 4. The lowest BCUT2D eigenvalue weighted by Crippen LogP contribution is -2.53. The van der Waals surface area contributed by atoms with Crippen LogP contribution in [-0.4, -0.2) is 59.5 Å². The molecule has 1 saturated heterocycles. The van der Waals surface area contributed by atoms with E-state index >= 15 is 0 Å². The van der Waals surface area contributed by atoms with Crippen molar-refractivity contribution in [2.75, 3.05) is 26.2 Å². The third-order valence-corrected chi connectivity index (χ3v) is 4.08. The van der Waals surface area contributed by atoms with Crippen molar-refractivity contribution in [2.45, 2.75) is 39.3 Å². The fourth-order valence-electron chi connectivity index (χ4n) is 2.78. The van der Waals surface area contributed by atoms with E-state index in [0.717, 1.165) is 0 Å². The van der Waals surface area contributed by atoms with Gasteiger partial charge in [-0.2, -0.15) is 0 Å². The predicted octanol–water partition coefficient (Wildman–Crippen LogP) is 1.94. The van der Waals surface area contributed by atoms with Gasteiger partial charge >= 0.3 is 6.09 Å². The maximum Gasteiger partial charge on any atom is 0.408 e. The van der Waals surface area contributed by atoms with Gasteiger partial charge in [0, 0.05) is 33.1 Å². The van der Waals surface area contributed by atoms with Crippen LogP contribution in [0.15, 0.2) is 30.3 Å². The van der Waals surface area contributed by atoms with E-state index in [-0.39, 0.29) is 11.8 Å². The Morgan fingerprint density at radius 2 is 1.54 bits per heavy atom. The van der Waals surface area contributed by atoms with E-state index in [0.29, 0.717) is 31.7 Å². The number of ether oxygens (including phenoxy) is 1. The van der Waals surface area contributed by atoms with Gasteiger partial charge < -0.3 is 19.9 Å². The van der Waals surface area contributed by atoms with Crippen LogP contribution in [0, 0.1) is 0 Å². The highest BCUT2D eigenvalue weighted by atomic mass is 16.6. The summed E-state index contributed by atoms with van der Waals surface area (Å²) in [5.74, 6) is -0.200. The summed E-state index contributed by atoms with van der Waals surface area (Å²) in [6.07, 6.45) is -0.637. The summed E-state index contributed by atoms with van der Waals surface area (Å²) in [6, 6.07) is 8.26. The Kier molecular flexibility index (Phi) is 6.23. The molecule has 3 amide bonds. The van der Waals surface area contributed by atoms with Gasteiger partial charge in [-0.15, -0.1) is 0 Å². The first-order chi connectivity index (χ1) is 12.2. The number of hydrogen-bond donors (Lipinski definition) is 1. The zero-order valence-electron chi connectivity index (χ0n) is 15.8. The average molecular weight is 361 g/mol. The summed E-state index contributed by atoms with van der Waals surface area (Å²) in [5, 5.41) is 2.69. The summed E-state index contributed by atoms with van der Waals surface area (Å²) in [6.45, 7) is 8.71. The first kappa shape index (κ1) is 19.8. The molecule has 1 heterocycles. The number of benzene rings is 1. The fourth-order valence-corrected chi connectivity index (χ4v) is 2.78. The zero-order valence-corrected chi connectivity index (χ0v) is 15.8. The van der Waals surface area contributed by atoms with Gasteiger partial charge in [-0.25, -0.2) is 4.79 Å². The number of nitrogens with zero attached hydrogens (tertiary/aromatic N) is 2. The molecular weight excluding hydrogens is 334 g/mol. The Morgan fingerprint density at radius 1 is 1.00 bits per heavy atom. The molecule has 1 aliphatic heterocycles. The molecule has 0 aromatic heterocycles. The van der Waals surface area contributed by atoms with Crippen LogP contribution < -0.4 is 5.32 Å². The average Bonchev–Trinajstić information content (AvgIpc) is 2.58. The molecule has 1 aromatic carbocycles. The highest BCUT2D eigenvalue weighted by Gasteiger charge is 2.31. The number of carbonyl (C=O) groups is 3. The minimum atomic E-state index is -0.824. The maximum absolute atomic E-state index is 13.0. The Labute approximate surface area is 154 Å². The topological polar surface area (TPSA) is 79.0 Å². The van der Waals surface area contributed by atoms with Crippen molar-refractivity contribution in [2.24, 2.45) is 0 Å². The SMILES string of the molecule is CC(=O)N1CCN(C(=O)[C@@H](NC(=O)OC(C)(C)C)c2ccccc2)CC1. The Bertz CT molecular complexity index is 646. The van der Waals surface area contributed by atoms with E-state index in [1.54, 1.807) is 42.7 Å². The summed E-state index contributed by atoms with van der Waals surface area (Å²) < 4.78 is 5.30. The number of amides is 3. The molecule has 0 aliphatic carbocycles.